The molecule has 1 radical (unpaired) electrons. The summed E-state index contributed by atoms with van der Waals surface area (Å²) in [5, 5.41) is 0. The van der Waals surface area contributed by atoms with Crippen molar-refractivity contribution in [2.75, 3.05) is 0 Å². The van der Waals surface area contributed by atoms with E-state index in [1.54, 1.807) is 0 Å². The molecule has 0 aromatic carbocycles. The Morgan fingerprint density at radius 2 is 1.89 bits per heavy atom. The zero-order valence-corrected chi connectivity index (χ0v) is 5.82. The lowest BCUT2D eigenvalue weighted by Gasteiger charge is -1.92. The van der Waals surface area contributed by atoms with Gasteiger partial charge in [0.15, 0.2) is 0 Å². The fourth-order valence-corrected chi connectivity index (χ4v) is 1.03. The molecule has 1 aliphatic rings. The summed E-state index contributed by atoms with van der Waals surface area (Å²) in [6.07, 6.45) is 12.9. The van der Waals surface area contributed by atoms with Gasteiger partial charge in [-0.2, -0.15) is 0 Å². The molecule has 49 valence electrons. The average Bonchev–Trinajstić information content (AvgIpc) is 2.00. The van der Waals surface area contributed by atoms with Crippen LogP contribution in [0.1, 0.15) is 38.5 Å². The van der Waals surface area contributed by atoms with Crippen LogP contribution < -0.4 is 0 Å². The molecule has 0 saturated carbocycles. The lowest BCUT2D eigenvalue weighted by Crippen LogP contribution is -1.74. The minimum absolute atomic E-state index is 1.11. The maximum Gasteiger partial charge on any atom is 0.00453 e. The molecule has 9 heavy (non-hydrogen) atoms. The third kappa shape index (κ3) is 3.16. The summed E-state index contributed by atoms with van der Waals surface area (Å²) in [6, 6.07) is 0. The van der Waals surface area contributed by atoms with Crippen LogP contribution in [0.2, 0.25) is 0 Å². The van der Waals surface area contributed by atoms with Crippen LogP contribution in [0.5, 0.6) is 0 Å². The van der Waals surface area contributed by atoms with Gasteiger partial charge in [0.05, 0.1) is 0 Å². The highest BCUT2D eigenvalue weighted by molar-refractivity contribution is 4.80. The van der Waals surface area contributed by atoms with Gasteiger partial charge in [-0.3, -0.25) is 0 Å². The molecule has 0 unspecified atom stereocenters. The molecule has 0 N–H and O–H groups in total. The van der Waals surface area contributed by atoms with Gasteiger partial charge >= 0.3 is 0 Å². The van der Waals surface area contributed by atoms with Gasteiger partial charge < -0.3 is 0 Å². The van der Waals surface area contributed by atoms with E-state index in [1.807, 2.05) is 0 Å². The molecule has 0 aromatic rings. The Morgan fingerprint density at radius 3 is 2.89 bits per heavy atom. The molecule has 0 nitrogen and oxygen atoms in total. The molecular formula is C9H13. The van der Waals surface area contributed by atoms with Gasteiger partial charge in [0.2, 0.25) is 0 Å². The summed E-state index contributed by atoms with van der Waals surface area (Å²) in [7, 11) is 0. The molecule has 0 amide bonds. The minimum Gasteiger partial charge on any atom is -0.121 e. The molecule has 0 heteroatoms. The van der Waals surface area contributed by atoms with Crippen LogP contribution in [-0.4, -0.2) is 0 Å². The standard InChI is InChI=1S/C9H13/c1-2-4-6-8-9-7-5-3-1/h1H,2,4,6-9H2. The first kappa shape index (κ1) is 6.64. The molecule has 0 aliphatic heterocycles. The van der Waals surface area contributed by atoms with Crippen molar-refractivity contribution in [3.63, 3.8) is 0 Å². The third-order valence-electron chi connectivity index (χ3n) is 1.60. The van der Waals surface area contributed by atoms with Gasteiger partial charge in [0, 0.05) is 6.08 Å². The fourth-order valence-electron chi connectivity index (χ4n) is 1.03. The van der Waals surface area contributed by atoms with Crippen molar-refractivity contribution >= 4 is 0 Å². The maximum atomic E-state index is 3.12. The van der Waals surface area contributed by atoms with Crippen LogP contribution in [-0.2, 0) is 0 Å². The SMILES string of the molecule is [C]1=C=CCCCCCC1. The van der Waals surface area contributed by atoms with Gasteiger partial charge in [-0.25, -0.2) is 0 Å². The van der Waals surface area contributed by atoms with Crippen LogP contribution in [0, 0.1) is 6.08 Å². The average molecular weight is 121 g/mol. The third-order valence-corrected chi connectivity index (χ3v) is 1.60. The van der Waals surface area contributed by atoms with E-state index in [9.17, 15) is 0 Å². The van der Waals surface area contributed by atoms with Crippen molar-refractivity contribution < 1.29 is 0 Å². The van der Waals surface area contributed by atoms with Gasteiger partial charge in [-0.15, -0.1) is 5.73 Å². The molecule has 0 spiro atoms. The van der Waals surface area contributed by atoms with Crippen molar-refractivity contribution in [3.05, 3.63) is 17.9 Å². The van der Waals surface area contributed by atoms with E-state index in [-0.39, 0.29) is 0 Å². The summed E-state index contributed by atoms with van der Waals surface area (Å²) >= 11 is 0. The lowest BCUT2D eigenvalue weighted by molar-refractivity contribution is 0.653. The molecule has 0 saturated heterocycles. The highest BCUT2D eigenvalue weighted by Gasteiger charge is 1.88. The Bertz CT molecular complexity index is 104. The molecular weight excluding hydrogens is 108 g/mol. The number of rotatable bonds is 0. The largest absolute Gasteiger partial charge is 0.121 e. The van der Waals surface area contributed by atoms with Crippen molar-refractivity contribution in [1.29, 1.82) is 0 Å². The second-order valence-corrected chi connectivity index (χ2v) is 2.48. The number of hydrogen-bond acceptors (Lipinski definition) is 0. The highest BCUT2D eigenvalue weighted by Crippen LogP contribution is 2.07. The first-order valence-corrected chi connectivity index (χ1v) is 3.80. The topological polar surface area (TPSA) is 0 Å². The van der Waals surface area contributed by atoms with Gasteiger partial charge in [0.25, 0.3) is 0 Å². The van der Waals surface area contributed by atoms with Gasteiger partial charge in [0.1, 0.15) is 0 Å². The maximum absolute atomic E-state index is 3.12. The van der Waals surface area contributed by atoms with E-state index in [0.717, 1.165) is 6.42 Å². The first-order chi connectivity index (χ1) is 4.50. The molecule has 0 atom stereocenters. The van der Waals surface area contributed by atoms with Crippen LogP contribution in [0.3, 0.4) is 0 Å². The van der Waals surface area contributed by atoms with Gasteiger partial charge in [-0.05, 0) is 31.8 Å². The van der Waals surface area contributed by atoms with E-state index in [4.69, 9.17) is 0 Å². The van der Waals surface area contributed by atoms with Crippen LogP contribution >= 0.6 is 0 Å². The zero-order valence-electron chi connectivity index (χ0n) is 5.82. The Kier molecular flexibility index (Phi) is 3.25. The van der Waals surface area contributed by atoms with E-state index < -0.39 is 0 Å². The normalized spacial score (nSPS) is 20.4. The Hall–Kier alpha value is -0.480. The quantitative estimate of drug-likeness (QED) is 0.432. The fraction of sp³-hybridized carbons (Fsp3) is 0.667. The monoisotopic (exact) mass is 121 g/mol. The van der Waals surface area contributed by atoms with Gasteiger partial charge in [-0.1, -0.05) is 12.8 Å². The Morgan fingerprint density at radius 1 is 1.00 bits per heavy atom. The minimum atomic E-state index is 1.11. The predicted octanol–water partition coefficient (Wildman–Crippen LogP) is 2.86. The summed E-state index contributed by atoms with van der Waals surface area (Å²) in [5.41, 5.74) is 3.05. The first-order valence-electron chi connectivity index (χ1n) is 3.80. The molecule has 0 heterocycles. The summed E-state index contributed by atoms with van der Waals surface area (Å²) in [5.74, 6) is 0. The van der Waals surface area contributed by atoms with Crippen LogP contribution in [0.15, 0.2) is 11.8 Å². The van der Waals surface area contributed by atoms with Crippen molar-refractivity contribution in [1.82, 2.24) is 0 Å². The van der Waals surface area contributed by atoms with Crippen molar-refractivity contribution in [3.8, 4) is 0 Å². The molecule has 1 rings (SSSR count). The van der Waals surface area contributed by atoms with Crippen LogP contribution in [0.25, 0.3) is 0 Å². The molecule has 1 aliphatic carbocycles. The Labute approximate surface area is 57.3 Å². The molecule has 0 bridgehead atoms. The van der Waals surface area contributed by atoms with Crippen LogP contribution in [0.4, 0.5) is 0 Å². The van der Waals surface area contributed by atoms with Crippen molar-refractivity contribution in [2.45, 2.75) is 38.5 Å². The molecule has 0 aromatic heterocycles. The smallest absolute Gasteiger partial charge is 0.00453 e. The second kappa shape index (κ2) is 4.40. The van der Waals surface area contributed by atoms with E-state index >= 15 is 0 Å². The lowest BCUT2D eigenvalue weighted by atomic mass is 10.1. The predicted molar refractivity (Wildman–Crippen MR) is 39.0 cm³/mol. The van der Waals surface area contributed by atoms with E-state index in [2.05, 4.69) is 17.9 Å². The summed E-state index contributed by atoms with van der Waals surface area (Å²) in [4.78, 5) is 0. The van der Waals surface area contributed by atoms with E-state index in [1.165, 1.54) is 32.1 Å². The summed E-state index contributed by atoms with van der Waals surface area (Å²) < 4.78 is 0. The summed E-state index contributed by atoms with van der Waals surface area (Å²) in [6.45, 7) is 0. The Balaban J connectivity index is 2.29. The zero-order chi connectivity index (χ0) is 6.36. The number of allylic oxidation sites excluding steroid dienone is 1. The molecule has 0 fully saturated rings. The van der Waals surface area contributed by atoms with E-state index in [0.29, 0.717) is 0 Å². The highest BCUT2D eigenvalue weighted by atomic mass is 13.9. The van der Waals surface area contributed by atoms with Crippen molar-refractivity contribution in [2.24, 2.45) is 0 Å². The number of hydrogen-bond donors (Lipinski definition) is 0. The second-order valence-electron chi connectivity index (χ2n) is 2.48.